The van der Waals surface area contributed by atoms with Crippen molar-refractivity contribution in [3.8, 4) is 0 Å². The second-order valence-corrected chi connectivity index (χ2v) is 5.11. The number of benzene rings is 1. The van der Waals surface area contributed by atoms with Gasteiger partial charge in [0, 0.05) is 40.4 Å². The van der Waals surface area contributed by atoms with Crippen LogP contribution < -0.4 is 5.32 Å². The third-order valence-electron chi connectivity index (χ3n) is 3.67. The lowest BCUT2D eigenvalue weighted by molar-refractivity contribution is 0.195. The Labute approximate surface area is 127 Å². The molecule has 0 bridgehead atoms. The van der Waals surface area contributed by atoms with Gasteiger partial charge >= 0.3 is 0 Å². The van der Waals surface area contributed by atoms with Crippen LogP contribution in [0.25, 0.3) is 5.57 Å². The molecule has 1 aromatic carbocycles. The second kappa shape index (κ2) is 8.47. The van der Waals surface area contributed by atoms with Gasteiger partial charge in [-0.3, -0.25) is 4.99 Å². The van der Waals surface area contributed by atoms with E-state index in [9.17, 15) is 0 Å². The Balaban J connectivity index is 1.88. The van der Waals surface area contributed by atoms with Crippen molar-refractivity contribution in [2.75, 3.05) is 40.4 Å². The highest BCUT2D eigenvalue weighted by atomic mass is 16.5. The topological polar surface area (TPSA) is 36.9 Å². The number of ether oxygens (including phenoxy) is 1. The van der Waals surface area contributed by atoms with Crippen molar-refractivity contribution >= 4 is 11.5 Å². The fourth-order valence-electron chi connectivity index (χ4n) is 2.52. The maximum absolute atomic E-state index is 5.06. The first-order chi connectivity index (χ1) is 10.3. The molecule has 1 aromatic rings. The van der Waals surface area contributed by atoms with Gasteiger partial charge in [-0.25, -0.2) is 0 Å². The average molecular weight is 287 g/mol. The Morgan fingerprint density at radius 2 is 2.14 bits per heavy atom. The van der Waals surface area contributed by atoms with E-state index >= 15 is 0 Å². The van der Waals surface area contributed by atoms with Gasteiger partial charge in [-0.2, -0.15) is 0 Å². The minimum Gasteiger partial charge on any atom is -0.385 e. The molecule has 0 spiro atoms. The lowest BCUT2D eigenvalue weighted by Crippen LogP contribution is -2.43. The monoisotopic (exact) mass is 287 g/mol. The molecule has 1 aliphatic rings. The van der Waals surface area contributed by atoms with Gasteiger partial charge in [-0.1, -0.05) is 36.4 Å². The molecule has 4 nitrogen and oxygen atoms in total. The molecule has 1 N–H and O–H groups in total. The molecular weight excluding hydrogens is 262 g/mol. The van der Waals surface area contributed by atoms with E-state index in [2.05, 4.69) is 51.6 Å². The summed E-state index contributed by atoms with van der Waals surface area (Å²) in [5.41, 5.74) is 2.77. The molecular formula is C17H25N3O. The highest BCUT2D eigenvalue weighted by Gasteiger charge is 2.15. The molecule has 0 amide bonds. The summed E-state index contributed by atoms with van der Waals surface area (Å²) in [6.07, 6.45) is 4.36. The quantitative estimate of drug-likeness (QED) is 0.513. The molecule has 1 heterocycles. The maximum Gasteiger partial charge on any atom is 0.193 e. The molecule has 4 heteroatoms. The molecule has 114 valence electrons. The van der Waals surface area contributed by atoms with Crippen molar-refractivity contribution in [2.45, 2.75) is 12.8 Å². The first-order valence-electron chi connectivity index (χ1n) is 7.54. The van der Waals surface area contributed by atoms with Crippen LogP contribution >= 0.6 is 0 Å². The van der Waals surface area contributed by atoms with Gasteiger partial charge in [-0.15, -0.1) is 0 Å². The zero-order valence-electron chi connectivity index (χ0n) is 13.0. The molecule has 0 saturated carbocycles. The standard InChI is InChI=1S/C17H25N3O/c1-18-17(19-11-6-14-21-2)20-12-9-16(10-13-20)15-7-4-3-5-8-15/h3-5,7-9H,6,10-14H2,1-2H3,(H,18,19). The first kappa shape index (κ1) is 15.6. The summed E-state index contributed by atoms with van der Waals surface area (Å²) in [7, 11) is 3.57. The summed E-state index contributed by atoms with van der Waals surface area (Å²) in [6.45, 7) is 3.59. The van der Waals surface area contributed by atoms with E-state index in [1.54, 1.807) is 7.11 Å². The number of hydrogen-bond acceptors (Lipinski definition) is 2. The number of nitrogens with one attached hydrogen (secondary N) is 1. The Morgan fingerprint density at radius 1 is 1.33 bits per heavy atom. The van der Waals surface area contributed by atoms with Crippen LogP contribution in [0, 0.1) is 0 Å². The van der Waals surface area contributed by atoms with Gasteiger partial charge in [0.2, 0.25) is 0 Å². The largest absolute Gasteiger partial charge is 0.385 e. The van der Waals surface area contributed by atoms with Crippen LogP contribution in [0.2, 0.25) is 0 Å². The van der Waals surface area contributed by atoms with Gasteiger partial charge in [0.1, 0.15) is 0 Å². The number of hydrogen-bond donors (Lipinski definition) is 1. The van der Waals surface area contributed by atoms with Crippen LogP contribution in [0.15, 0.2) is 41.4 Å². The number of methoxy groups -OCH3 is 1. The zero-order valence-corrected chi connectivity index (χ0v) is 13.0. The van der Waals surface area contributed by atoms with Crippen LogP contribution in [-0.2, 0) is 4.74 Å². The summed E-state index contributed by atoms with van der Waals surface area (Å²) >= 11 is 0. The summed E-state index contributed by atoms with van der Waals surface area (Å²) in [5.74, 6) is 0.981. The van der Waals surface area contributed by atoms with E-state index in [4.69, 9.17) is 4.74 Å². The van der Waals surface area contributed by atoms with Crippen molar-refractivity contribution in [1.29, 1.82) is 0 Å². The second-order valence-electron chi connectivity index (χ2n) is 5.11. The molecule has 0 fully saturated rings. The first-order valence-corrected chi connectivity index (χ1v) is 7.54. The number of aliphatic imine (C=N–C) groups is 1. The zero-order chi connectivity index (χ0) is 14.9. The van der Waals surface area contributed by atoms with Crippen molar-refractivity contribution < 1.29 is 4.74 Å². The normalized spacial score (nSPS) is 15.8. The predicted octanol–water partition coefficient (Wildman–Crippen LogP) is 2.39. The Morgan fingerprint density at radius 3 is 2.76 bits per heavy atom. The van der Waals surface area contributed by atoms with E-state index < -0.39 is 0 Å². The molecule has 0 radical (unpaired) electrons. The summed E-state index contributed by atoms with van der Waals surface area (Å²) in [5, 5.41) is 3.40. The van der Waals surface area contributed by atoms with Crippen LogP contribution in [0.5, 0.6) is 0 Å². The van der Waals surface area contributed by atoms with E-state index in [0.29, 0.717) is 0 Å². The third-order valence-corrected chi connectivity index (χ3v) is 3.67. The molecule has 0 aliphatic carbocycles. The lowest BCUT2D eigenvalue weighted by Gasteiger charge is -2.29. The minimum atomic E-state index is 0.780. The number of guanidine groups is 1. The van der Waals surface area contributed by atoms with Crippen LogP contribution in [-0.4, -0.2) is 51.3 Å². The molecule has 0 atom stereocenters. The van der Waals surface area contributed by atoms with Crippen LogP contribution in [0.1, 0.15) is 18.4 Å². The number of rotatable bonds is 5. The van der Waals surface area contributed by atoms with E-state index in [1.165, 1.54) is 11.1 Å². The van der Waals surface area contributed by atoms with Crippen molar-refractivity contribution in [3.63, 3.8) is 0 Å². The molecule has 1 aliphatic heterocycles. The van der Waals surface area contributed by atoms with Gasteiger partial charge in [0.15, 0.2) is 5.96 Å². The average Bonchev–Trinajstić information content (AvgIpc) is 2.56. The molecule has 0 aromatic heterocycles. The minimum absolute atomic E-state index is 0.780. The van der Waals surface area contributed by atoms with Crippen molar-refractivity contribution in [2.24, 2.45) is 4.99 Å². The predicted molar refractivity (Wildman–Crippen MR) is 88.5 cm³/mol. The van der Waals surface area contributed by atoms with Crippen molar-refractivity contribution in [3.05, 3.63) is 42.0 Å². The lowest BCUT2D eigenvalue weighted by atomic mass is 10.00. The van der Waals surface area contributed by atoms with E-state index in [0.717, 1.165) is 45.0 Å². The molecule has 21 heavy (non-hydrogen) atoms. The van der Waals surface area contributed by atoms with Crippen LogP contribution in [0.4, 0.5) is 0 Å². The summed E-state index contributed by atoms with van der Waals surface area (Å²) in [4.78, 5) is 6.66. The highest BCUT2D eigenvalue weighted by molar-refractivity contribution is 5.81. The van der Waals surface area contributed by atoms with Gasteiger partial charge in [-0.05, 0) is 24.0 Å². The molecule has 2 rings (SSSR count). The van der Waals surface area contributed by atoms with E-state index in [-0.39, 0.29) is 0 Å². The van der Waals surface area contributed by atoms with Crippen LogP contribution in [0.3, 0.4) is 0 Å². The molecule has 0 unspecified atom stereocenters. The fourth-order valence-corrected chi connectivity index (χ4v) is 2.52. The SMILES string of the molecule is CN=C(NCCCOC)N1CC=C(c2ccccc2)CC1. The smallest absolute Gasteiger partial charge is 0.193 e. The van der Waals surface area contributed by atoms with E-state index in [1.807, 2.05) is 7.05 Å². The van der Waals surface area contributed by atoms with Gasteiger partial charge in [0.05, 0.1) is 0 Å². The fraction of sp³-hybridized carbons (Fsp3) is 0.471. The molecule has 0 saturated heterocycles. The van der Waals surface area contributed by atoms with Gasteiger partial charge < -0.3 is 15.0 Å². The Bertz CT molecular complexity index is 482. The van der Waals surface area contributed by atoms with Crippen molar-refractivity contribution in [1.82, 2.24) is 10.2 Å². The maximum atomic E-state index is 5.06. The number of nitrogens with zero attached hydrogens (tertiary/aromatic N) is 2. The third kappa shape index (κ3) is 4.60. The highest BCUT2D eigenvalue weighted by Crippen LogP contribution is 2.21. The summed E-state index contributed by atoms with van der Waals surface area (Å²) in [6, 6.07) is 10.6. The summed E-state index contributed by atoms with van der Waals surface area (Å²) < 4.78 is 5.06. The van der Waals surface area contributed by atoms with Gasteiger partial charge in [0.25, 0.3) is 0 Å². The Kier molecular flexibility index (Phi) is 6.28. The Hall–Kier alpha value is -1.81.